The van der Waals surface area contributed by atoms with E-state index >= 15 is 0 Å². The van der Waals surface area contributed by atoms with Crippen LogP contribution >= 0.6 is 0 Å². The summed E-state index contributed by atoms with van der Waals surface area (Å²) in [5.41, 5.74) is -1.36. The van der Waals surface area contributed by atoms with E-state index in [1.54, 1.807) is 88.3 Å². The third-order valence-electron chi connectivity index (χ3n) is 17.4. The van der Waals surface area contributed by atoms with Crippen LogP contribution in [0.5, 0.6) is 11.5 Å². The number of fused-ring (bicyclic) bond motifs is 2. The highest BCUT2D eigenvalue weighted by Crippen LogP contribution is 2.41. The number of aromatic hydroxyl groups is 2. The normalized spacial score (nSPS) is 34.4. The van der Waals surface area contributed by atoms with Gasteiger partial charge in [0.15, 0.2) is 18.9 Å². The molecule has 3 fully saturated rings. The quantitative estimate of drug-likeness (QED) is 0.0452. The smallest absolute Gasteiger partial charge is 0.339 e. The molecule has 0 bridgehead atoms. The van der Waals surface area contributed by atoms with Crippen molar-refractivity contribution in [1.29, 1.82) is 0 Å². The number of esters is 1. The molecule has 0 radical (unpaired) electrons. The van der Waals surface area contributed by atoms with Crippen molar-refractivity contribution in [2.24, 2.45) is 11.8 Å². The first-order valence-electron chi connectivity index (χ1n) is 30.1. The molecule has 4 aromatic rings. The summed E-state index contributed by atoms with van der Waals surface area (Å²) in [6, 6.07) is 16.3. The summed E-state index contributed by atoms with van der Waals surface area (Å²) in [6.45, 7) is 10.8. The van der Waals surface area contributed by atoms with Crippen LogP contribution in [0.15, 0.2) is 85.0 Å². The van der Waals surface area contributed by atoms with Crippen LogP contribution in [0.4, 0.5) is 0 Å². The van der Waals surface area contributed by atoms with Crippen LogP contribution in [-0.2, 0) is 53.9 Å². The van der Waals surface area contributed by atoms with E-state index in [-0.39, 0.29) is 48.5 Å². The summed E-state index contributed by atoms with van der Waals surface area (Å²) in [5.74, 6) is -4.82. The number of aromatic carboxylic acids is 2. The fourth-order valence-electron chi connectivity index (χ4n) is 12.8. The Hall–Kier alpha value is -5.96. The second-order valence-electron chi connectivity index (χ2n) is 24.5. The molecule has 0 aliphatic carbocycles. The summed E-state index contributed by atoms with van der Waals surface area (Å²) < 4.78 is 50.0. The van der Waals surface area contributed by atoms with Crippen molar-refractivity contribution in [1.82, 2.24) is 9.80 Å². The lowest BCUT2D eigenvalue weighted by Crippen LogP contribution is -2.65. The number of hydrogen-bond donors (Lipinski definition) is 8. The Morgan fingerprint density at radius 3 is 1.86 bits per heavy atom. The molecule has 22 heteroatoms. The number of phenols is 2. The number of cyclic esters (lactones) is 1. The van der Waals surface area contributed by atoms with Gasteiger partial charge in [-0.2, -0.15) is 0 Å². The van der Waals surface area contributed by atoms with Crippen LogP contribution in [0, 0.1) is 11.8 Å². The Bertz CT molecular complexity index is 2980. The number of rotatable bonds is 15. The van der Waals surface area contributed by atoms with E-state index in [0.29, 0.717) is 51.9 Å². The van der Waals surface area contributed by atoms with Crippen LogP contribution in [0.1, 0.15) is 118 Å². The van der Waals surface area contributed by atoms with Gasteiger partial charge in [0.25, 0.3) is 0 Å². The minimum absolute atomic E-state index is 0.00885. The molecule has 88 heavy (non-hydrogen) atoms. The minimum atomic E-state index is -1.47. The molecule has 0 amide bonds. The molecule has 0 saturated carbocycles. The number of carboxylic acids is 2. The lowest BCUT2D eigenvalue weighted by molar-refractivity contribution is -0.344. The average molecular weight is 1230 g/mol. The topological polar surface area (TPSA) is 310 Å². The summed E-state index contributed by atoms with van der Waals surface area (Å²) in [5, 5.41) is 87.9. The number of aldehydes is 1. The van der Waals surface area contributed by atoms with Crippen LogP contribution < -0.4 is 0 Å². The van der Waals surface area contributed by atoms with E-state index in [4.69, 9.17) is 37.9 Å². The fraction of sp³-hybridized carbons (Fsp3) is 0.576. The van der Waals surface area contributed by atoms with Gasteiger partial charge >= 0.3 is 17.9 Å². The third kappa shape index (κ3) is 16.7. The van der Waals surface area contributed by atoms with E-state index in [2.05, 4.69) is 4.90 Å². The Morgan fingerprint density at radius 1 is 0.739 bits per heavy atom. The van der Waals surface area contributed by atoms with E-state index in [1.165, 1.54) is 26.2 Å². The minimum Gasteiger partial charge on any atom is -0.507 e. The monoisotopic (exact) mass is 1230 g/mol. The number of nitrogens with zero attached hydrogens (tertiary/aromatic N) is 2. The van der Waals surface area contributed by atoms with Gasteiger partial charge in [0.1, 0.15) is 59.4 Å². The predicted octanol–water partition coefficient (Wildman–Crippen LogP) is 6.72. The van der Waals surface area contributed by atoms with Gasteiger partial charge in [-0.25, -0.2) is 9.59 Å². The zero-order chi connectivity index (χ0) is 64.5. The molecular weight excluding hydrogens is 1140 g/mol. The number of benzene rings is 4. The molecule has 484 valence electrons. The highest BCUT2D eigenvalue weighted by molar-refractivity contribution is 6.02. The van der Waals surface area contributed by atoms with Crippen molar-refractivity contribution in [3.8, 4) is 11.5 Å². The number of likely N-dealkylation sites (N-methyl/N-ethyl adjacent to an activating group) is 2. The van der Waals surface area contributed by atoms with Crippen molar-refractivity contribution >= 4 is 45.7 Å². The van der Waals surface area contributed by atoms with Gasteiger partial charge in [0.05, 0.1) is 54.7 Å². The molecule has 19 atom stereocenters. The first kappa shape index (κ1) is 69.5. The molecule has 4 aromatic carbocycles. The van der Waals surface area contributed by atoms with E-state index in [9.17, 15) is 60.0 Å². The number of carboxylic acid groups (broad SMARTS) is 2. The maximum atomic E-state index is 13.1. The van der Waals surface area contributed by atoms with Crippen molar-refractivity contribution < 1.29 is 97.9 Å². The Kier molecular flexibility index (Phi) is 24.3. The molecule has 0 unspecified atom stereocenters. The predicted molar refractivity (Wildman–Crippen MR) is 325 cm³/mol. The Morgan fingerprint density at radius 2 is 1.33 bits per heavy atom. The number of ether oxygens (including phenoxy) is 8. The highest BCUT2D eigenvalue weighted by Gasteiger charge is 2.52. The number of aliphatic hydroxyl groups excluding tert-OH is 3. The van der Waals surface area contributed by atoms with Crippen LogP contribution in [0.25, 0.3) is 21.5 Å². The molecular formula is C66H90N2O20. The number of carbonyl (C=O) groups is 4. The molecule has 4 aliphatic rings. The van der Waals surface area contributed by atoms with E-state index in [1.807, 2.05) is 52.2 Å². The van der Waals surface area contributed by atoms with Gasteiger partial charge in [-0.1, -0.05) is 79.8 Å². The lowest BCUT2D eigenvalue weighted by atomic mass is 9.82. The third-order valence-corrected chi connectivity index (χ3v) is 17.4. The molecule has 8 rings (SSSR count). The first-order chi connectivity index (χ1) is 41.6. The molecule has 4 heterocycles. The zero-order valence-corrected chi connectivity index (χ0v) is 52.1. The van der Waals surface area contributed by atoms with Gasteiger partial charge in [-0.05, 0) is 128 Å². The number of carbonyl (C=O) groups excluding carboxylic acids is 2. The molecule has 8 N–H and O–H groups in total. The van der Waals surface area contributed by atoms with Crippen molar-refractivity contribution in [2.75, 3.05) is 35.3 Å². The molecule has 0 spiro atoms. The van der Waals surface area contributed by atoms with E-state index < -0.39 is 133 Å². The molecule has 0 aromatic heterocycles. The largest absolute Gasteiger partial charge is 0.507 e. The number of allylic oxidation sites excluding steroid dienone is 2. The highest BCUT2D eigenvalue weighted by atomic mass is 16.7. The summed E-state index contributed by atoms with van der Waals surface area (Å²) >= 11 is 0. The number of aliphatic hydroxyl groups is 4. The first-order valence-corrected chi connectivity index (χ1v) is 30.1. The summed E-state index contributed by atoms with van der Waals surface area (Å²) in [6.07, 6.45) is -1.60. The molecule has 3 saturated heterocycles. The number of methoxy groups -OCH3 is 1. The maximum absolute atomic E-state index is 13.1. The van der Waals surface area contributed by atoms with Crippen LogP contribution in [0.3, 0.4) is 0 Å². The molecule has 4 aliphatic heterocycles. The number of hydrogen-bond acceptors (Lipinski definition) is 20. The van der Waals surface area contributed by atoms with Crippen molar-refractivity contribution in [2.45, 2.75) is 197 Å². The van der Waals surface area contributed by atoms with Gasteiger partial charge in [-0.3, -0.25) is 4.79 Å². The van der Waals surface area contributed by atoms with Crippen molar-refractivity contribution in [3.05, 3.63) is 107 Å². The fourth-order valence-corrected chi connectivity index (χ4v) is 12.8. The van der Waals surface area contributed by atoms with Crippen LogP contribution in [0.2, 0.25) is 0 Å². The molecule has 22 nitrogen and oxygen atoms in total. The Labute approximate surface area is 514 Å². The second kappa shape index (κ2) is 30.7. The standard InChI is InChI=1S/C43H74N2O14.C23H16O6/c1-24-21-29(19-20-46)39(59-42-37(49)36(45(9)10)38(27(4)56-42)58-35-23-43(6,51)41(50)28(5)55-35)40(52-11)31(47)22-33(48)53-25(2)15-13-12-14-16-32(24)57-34-18-17-30(44(7)8)26(3)54-34;24-20-16(14-7-3-1-5-12(14)9-18(20)22(26)27)11-17-15-8-4-2-6-13(15)10-19(21(17)25)23(28)29/h12-14,16,20,24-32,34-42,47,49-51H,15,17-19,21-23H2,1-11H3;1-10,24-25H,11H2,(H,26,27)(H,28,29)/b13-12+,16-14+;/t24-,25-,26-,27-,28+,29+,30+,31-,32+,34+,35+,36+,37-,38-,39+,40+,41+,42+,43-;/m1./s1. The van der Waals surface area contributed by atoms with Gasteiger partial charge in [0.2, 0.25) is 0 Å². The maximum Gasteiger partial charge on any atom is 0.339 e. The lowest BCUT2D eigenvalue weighted by Gasteiger charge is -2.50. The van der Waals surface area contributed by atoms with E-state index in [0.717, 1.165) is 12.7 Å². The van der Waals surface area contributed by atoms with Crippen LogP contribution in [-0.4, -0.2) is 214 Å². The average Bonchev–Trinajstić information content (AvgIpc) is 2.19. The zero-order valence-electron chi connectivity index (χ0n) is 52.1. The second-order valence-corrected chi connectivity index (χ2v) is 24.5. The van der Waals surface area contributed by atoms with Gasteiger partial charge < -0.3 is 93.3 Å². The van der Waals surface area contributed by atoms with Gasteiger partial charge in [-0.15, -0.1) is 0 Å². The summed E-state index contributed by atoms with van der Waals surface area (Å²) in [4.78, 5) is 52.7. The SMILES string of the molecule is CO[C@@H]1[C@@H](O[C@@H]2O[C@H](C)[C@@H](O[C@H]3C[C@@](C)(O)[C@@H](O)[C@H](C)O3)[C@@H](N(C)C)[C@H]2O)[C@@H](CC=O)C[C@@H](C)[C@@H](O[C@H]2CC[C@H](N(C)C)[C@@H](C)O2)/C=C/C=C/C[C@@H](C)OC(=O)C[C@H]1O.O=C(O)c1cc2ccccc2c(Cc2c(O)c(C(=O)O)cc3ccccc23)c1O. The Balaban J connectivity index is 0.000000315. The van der Waals surface area contributed by atoms with Crippen molar-refractivity contribution in [3.63, 3.8) is 0 Å². The summed E-state index contributed by atoms with van der Waals surface area (Å²) in [7, 11) is 9.03. The van der Waals surface area contributed by atoms with Gasteiger partial charge in [0, 0.05) is 50.0 Å².